The highest BCUT2D eigenvalue weighted by molar-refractivity contribution is 9.10. The van der Waals surface area contributed by atoms with Crippen LogP contribution < -0.4 is 4.90 Å². The molecule has 0 bridgehead atoms. The highest BCUT2D eigenvalue weighted by Crippen LogP contribution is 2.25. The Hall–Kier alpha value is -1.99. The molecule has 0 saturated carbocycles. The number of amides is 1. The molecule has 2 aromatic rings. The van der Waals surface area contributed by atoms with Crippen LogP contribution in [-0.4, -0.2) is 28.3 Å². The van der Waals surface area contributed by atoms with Crippen LogP contribution in [0.1, 0.15) is 32.4 Å². The van der Waals surface area contributed by atoms with Crippen LogP contribution in [0.5, 0.6) is 0 Å². The van der Waals surface area contributed by atoms with E-state index in [0.29, 0.717) is 10.2 Å². The summed E-state index contributed by atoms with van der Waals surface area (Å²) in [5, 5.41) is 10.4. The number of aromatic nitrogens is 1. The molecule has 2 rings (SSSR count). The van der Waals surface area contributed by atoms with Gasteiger partial charge in [0.1, 0.15) is 10.2 Å². The number of halogens is 2. The van der Waals surface area contributed by atoms with Crippen molar-refractivity contribution in [1.29, 1.82) is 0 Å². The van der Waals surface area contributed by atoms with Gasteiger partial charge in [0, 0.05) is 0 Å². The normalized spacial score (nSPS) is 12.6. The van der Waals surface area contributed by atoms with Crippen molar-refractivity contribution >= 4 is 27.8 Å². The molecule has 0 aliphatic carbocycles. The predicted octanol–water partition coefficient (Wildman–Crippen LogP) is 4.46. The first kappa shape index (κ1) is 19.3. The average molecular weight is 411 g/mol. The van der Waals surface area contributed by atoms with E-state index in [2.05, 4.69) is 20.9 Å². The number of hydrogen-bond donors (Lipinski definition) is 1. The van der Waals surface area contributed by atoms with Crippen LogP contribution in [0.3, 0.4) is 0 Å². The van der Waals surface area contributed by atoms with Gasteiger partial charge in [0.15, 0.2) is 11.6 Å². The number of nitrogens with zero attached hydrogens (tertiary/aromatic N) is 2. The van der Waals surface area contributed by atoms with E-state index in [1.54, 1.807) is 45.0 Å². The maximum atomic E-state index is 14.3. The van der Waals surface area contributed by atoms with E-state index in [1.807, 2.05) is 6.07 Å². The molecular weight excluding hydrogens is 391 g/mol. The molecule has 1 N–H and O–H groups in total. The third kappa shape index (κ3) is 5.51. The van der Waals surface area contributed by atoms with Gasteiger partial charge in [0.2, 0.25) is 0 Å². The lowest BCUT2D eigenvalue weighted by Gasteiger charge is -2.28. The maximum absolute atomic E-state index is 14.3. The van der Waals surface area contributed by atoms with E-state index < -0.39 is 23.6 Å². The summed E-state index contributed by atoms with van der Waals surface area (Å²) in [5.41, 5.74) is -0.165. The van der Waals surface area contributed by atoms with Gasteiger partial charge >= 0.3 is 6.09 Å². The zero-order valence-electron chi connectivity index (χ0n) is 14.2. The summed E-state index contributed by atoms with van der Waals surface area (Å²) in [6.45, 7) is 4.93. The van der Waals surface area contributed by atoms with Crippen molar-refractivity contribution in [2.24, 2.45) is 0 Å². The number of hydrogen-bond acceptors (Lipinski definition) is 4. The number of ether oxygens (including phenoxy) is 1. The fourth-order valence-electron chi connectivity index (χ4n) is 2.12. The average Bonchev–Trinajstić information content (AvgIpc) is 2.54. The van der Waals surface area contributed by atoms with Crippen LogP contribution >= 0.6 is 15.9 Å². The van der Waals surface area contributed by atoms with Gasteiger partial charge in [-0.05, 0) is 54.4 Å². The summed E-state index contributed by atoms with van der Waals surface area (Å²) in [4.78, 5) is 17.6. The molecule has 0 unspecified atom stereocenters. The number of anilines is 1. The van der Waals surface area contributed by atoms with Gasteiger partial charge < -0.3 is 9.84 Å². The SMILES string of the molecule is CC(C)(C)OC(=O)N(C[C@H](O)c1ccccc1)c1nc(Br)ccc1F. The van der Waals surface area contributed by atoms with Gasteiger partial charge in [-0.15, -0.1) is 0 Å². The molecule has 0 saturated heterocycles. The Labute approximate surface area is 154 Å². The monoisotopic (exact) mass is 410 g/mol. The summed E-state index contributed by atoms with van der Waals surface area (Å²) in [6, 6.07) is 11.4. The van der Waals surface area contributed by atoms with Crippen LogP contribution in [0.25, 0.3) is 0 Å². The lowest BCUT2D eigenvalue weighted by atomic mass is 10.1. The maximum Gasteiger partial charge on any atom is 0.416 e. The number of aliphatic hydroxyl groups is 1. The van der Waals surface area contributed by atoms with Gasteiger partial charge in [-0.25, -0.2) is 14.2 Å². The Morgan fingerprint density at radius 1 is 1.28 bits per heavy atom. The van der Waals surface area contributed by atoms with Gasteiger partial charge in [-0.2, -0.15) is 0 Å². The fraction of sp³-hybridized carbons (Fsp3) is 0.333. The third-order valence-corrected chi connectivity index (χ3v) is 3.64. The smallest absolute Gasteiger partial charge is 0.416 e. The molecule has 0 spiro atoms. The second-order valence-electron chi connectivity index (χ2n) is 6.46. The molecule has 1 heterocycles. The molecule has 0 aliphatic rings. The van der Waals surface area contributed by atoms with E-state index in [-0.39, 0.29) is 12.4 Å². The van der Waals surface area contributed by atoms with Gasteiger partial charge in [-0.1, -0.05) is 30.3 Å². The van der Waals surface area contributed by atoms with Gasteiger partial charge in [-0.3, -0.25) is 4.90 Å². The summed E-state index contributed by atoms with van der Waals surface area (Å²) >= 11 is 3.17. The molecule has 1 aromatic carbocycles. The van der Waals surface area contributed by atoms with E-state index in [1.165, 1.54) is 12.1 Å². The van der Waals surface area contributed by atoms with Crippen molar-refractivity contribution in [2.75, 3.05) is 11.4 Å². The fourth-order valence-corrected chi connectivity index (χ4v) is 2.42. The summed E-state index contributed by atoms with van der Waals surface area (Å²) in [6.07, 6.45) is -1.80. The molecule has 1 amide bonds. The Kier molecular flexibility index (Phi) is 6.13. The van der Waals surface area contributed by atoms with Crippen molar-refractivity contribution in [3.05, 3.63) is 58.4 Å². The first-order valence-corrected chi connectivity index (χ1v) is 8.52. The highest BCUT2D eigenvalue weighted by Gasteiger charge is 2.29. The number of benzene rings is 1. The Bertz CT molecular complexity index is 735. The van der Waals surface area contributed by atoms with Crippen LogP contribution in [-0.2, 0) is 4.74 Å². The highest BCUT2D eigenvalue weighted by atomic mass is 79.9. The lowest BCUT2D eigenvalue weighted by molar-refractivity contribution is 0.0552. The molecule has 0 aliphatic heterocycles. The minimum absolute atomic E-state index is 0.195. The standard InChI is InChI=1S/C18H20BrFN2O3/c1-18(2,3)25-17(24)22(16-13(20)9-10-15(19)21-16)11-14(23)12-7-5-4-6-8-12/h4-10,14,23H,11H2,1-3H3/t14-/m0/s1. The number of aliphatic hydroxyl groups excluding tert-OH is 1. The molecule has 1 aromatic heterocycles. The number of carbonyl (C=O) groups excluding carboxylic acids is 1. The van der Waals surface area contributed by atoms with E-state index in [4.69, 9.17) is 4.74 Å². The first-order valence-electron chi connectivity index (χ1n) is 7.73. The summed E-state index contributed by atoms with van der Waals surface area (Å²) in [5.74, 6) is -0.895. The Morgan fingerprint density at radius 2 is 1.92 bits per heavy atom. The van der Waals surface area contributed by atoms with E-state index in [0.717, 1.165) is 4.90 Å². The quantitative estimate of drug-likeness (QED) is 0.755. The Balaban J connectivity index is 2.35. The van der Waals surface area contributed by atoms with Gasteiger partial charge in [0.25, 0.3) is 0 Å². The Morgan fingerprint density at radius 3 is 2.52 bits per heavy atom. The summed E-state index contributed by atoms with van der Waals surface area (Å²) in [7, 11) is 0. The zero-order valence-corrected chi connectivity index (χ0v) is 15.8. The molecule has 134 valence electrons. The second-order valence-corrected chi connectivity index (χ2v) is 7.27. The molecule has 25 heavy (non-hydrogen) atoms. The predicted molar refractivity (Wildman–Crippen MR) is 96.9 cm³/mol. The van der Waals surface area contributed by atoms with Crippen molar-refractivity contribution in [1.82, 2.24) is 4.98 Å². The topological polar surface area (TPSA) is 62.7 Å². The van der Waals surface area contributed by atoms with Crippen LogP contribution in [0, 0.1) is 5.82 Å². The largest absolute Gasteiger partial charge is 0.443 e. The summed E-state index contributed by atoms with van der Waals surface area (Å²) < 4.78 is 20.0. The molecular formula is C18H20BrFN2O3. The molecule has 7 heteroatoms. The van der Waals surface area contributed by atoms with Crippen LogP contribution in [0.2, 0.25) is 0 Å². The minimum atomic E-state index is -1.02. The lowest BCUT2D eigenvalue weighted by Crippen LogP contribution is -2.40. The third-order valence-electron chi connectivity index (χ3n) is 3.20. The molecule has 0 fully saturated rings. The van der Waals surface area contributed by atoms with E-state index in [9.17, 15) is 14.3 Å². The number of carbonyl (C=O) groups is 1. The first-order chi connectivity index (χ1) is 11.7. The van der Waals surface area contributed by atoms with Crippen molar-refractivity contribution in [3.63, 3.8) is 0 Å². The molecule has 1 atom stereocenters. The van der Waals surface area contributed by atoms with Crippen LogP contribution in [0.15, 0.2) is 47.1 Å². The van der Waals surface area contributed by atoms with Gasteiger partial charge in [0.05, 0.1) is 12.6 Å². The van der Waals surface area contributed by atoms with Crippen LogP contribution in [0.4, 0.5) is 15.0 Å². The molecule has 0 radical (unpaired) electrons. The number of rotatable bonds is 4. The van der Waals surface area contributed by atoms with E-state index >= 15 is 0 Å². The van der Waals surface area contributed by atoms with Crippen molar-refractivity contribution in [3.8, 4) is 0 Å². The number of pyridine rings is 1. The van der Waals surface area contributed by atoms with Crippen molar-refractivity contribution in [2.45, 2.75) is 32.5 Å². The zero-order chi connectivity index (χ0) is 18.6. The second kappa shape index (κ2) is 7.93. The molecule has 5 nitrogen and oxygen atoms in total. The minimum Gasteiger partial charge on any atom is -0.443 e. The van der Waals surface area contributed by atoms with Crippen molar-refractivity contribution < 1.29 is 19.0 Å².